The Bertz CT molecular complexity index is 493. The number of aldehydes is 1. The lowest BCUT2D eigenvalue weighted by Gasteiger charge is -2.08. The summed E-state index contributed by atoms with van der Waals surface area (Å²) in [6.07, 6.45) is 6.55. The SMILES string of the molecule is C=C(C=O)CC/C(C)=C\CCc1cc(OC)cc(OC)c1. The second-order valence-corrected chi connectivity index (χ2v) is 5.09. The summed E-state index contributed by atoms with van der Waals surface area (Å²) in [6.45, 7) is 5.78. The van der Waals surface area contributed by atoms with E-state index in [0.717, 1.165) is 43.5 Å². The van der Waals surface area contributed by atoms with E-state index in [-0.39, 0.29) is 0 Å². The largest absolute Gasteiger partial charge is 0.497 e. The molecular weight excluding hydrogens is 264 g/mol. The number of allylic oxidation sites excluding steroid dienone is 3. The van der Waals surface area contributed by atoms with Gasteiger partial charge >= 0.3 is 0 Å². The molecule has 3 heteroatoms. The maximum Gasteiger partial charge on any atom is 0.145 e. The quantitative estimate of drug-likeness (QED) is 0.389. The van der Waals surface area contributed by atoms with Gasteiger partial charge in [0, 0.05) is 6.07 Å². The zero-order chi connectivity index (χ0) is 15.7. The minimum absolute atomic E-state index is 0.653. The molecule has 0 N–H and O–H groups in total. The molecule has 0 saturated carbocycles. The summed E-state index contributed by atoms with van der Waals surface area (Å²) in [7, 11) is 3.31. The molecule has 0 amide bonds. The van der Waals surface area contributed by atoms with E-state index in [0.29, 0.717) is 5.57 Å². The van der Waals surface area contributed by atoms with Gasteiger partial charge in [-0.1, -0.05) is 18.2 Å². The molecule has 0 fully saturated rings. The Morgan fingerprint density at radius 1 is 1.14 bits per heavy atom. The molecule has 0 aliphatic heterocycles. The Labute approximate surface area is 127 Å². The van der Waals surface area contributed by atoms with Crippen LogP contribution in [-0.4, -0.2) is 20.5 Å². The normalized spacial score (nSPS) is 11.1. The van der Waals surface area contributed by atoms with E-state index in [9.17, 15) is 4.79 Å². The number of carbonyl (C=O) groups is 1. The van der Waals surface area contributed by atoms with Gasteiger partial charge in [-0.2, -0.15) is 0 Å². The van der Waals surface area contributed by atoms with Crippen LogP contribution in [0.1, 0.15) is 31.7 Å². The third-order valence-corrected chi connectivity index (χ3v) is 3.34. The summed E-state index contributed by atoms with van der Waals surface area (Å²) < 4.78 is 10.5. The van der Waals surface area contributed by atoms with Gasteiger partial charge in [0.05, 0.1) is 14.2 Å². The van der Waals surface area contributed by atoms with Crippen LogP contribution in [0.2, 0.25) is 0 Å². The molecule has 0 bridgehead atoms. The van der Waals surface area contributed by atoms with Crippen LogP contribution in [0, 0.1) is 0 Å². The molecular formula is C18H24O3. The molecule has 0 atom stereocenters. The van der Waals surface area contributed by atoms with Crippen LogP contribution in [0.4, 0.5) is 0 Å². The second kappa shape index (κ2) is 9.01. The first-order valence-corrected chi connectivity index (χ1v) is 7.09. The standard InChI is InChI=1S/C18H24O3/c1-14(8-9-15(2)13-19)6-5-7-16-10-17(20-3)12-18(11-16)21-4/h6,10-13H,2,5,7-9H2,1,3-4H3/b14-6-. The van der Waals surface area contributed by atoms with Crippen molar-refractivity contribution in [1.29, 1.82) is 0 Å². The van der Waals surface area contributed by atoms with E-state index in [1.165, 1.54) is 11.1 Å². The molecule has 0 aliphatic carbocycles. The Morgan fingerprint density at radius 2 is 1.76 bits per heavy atom. The number of hydrogen-bond acceptors (Lipinski definition) is 3. The van der Waals surface area contributed by atoms with Crippen molar-refractivity contribution in [2.75, 3.05) is 14.2 Å². The number of hydrogen-bond donors (Lipinski definition) is 0. The van der Waals surface area contributed by atoms with Gasteiger partial charge in [-0.25, -0.2) is 0 Å². The Morgan fingerprint density at radius 3 is 2.29 bits per heavy atom. The first-order valence-electron chi connectivity index (χ1n) is 7.09. The lowest BCUT2D eigenvalue weighted by Crippen LogP contribution is -1.91. The number of methoxy groups -OCH3 is 2. The predicted molar refractivity (Wildman–Crippen MR) is 86.1 cm³/mol. The number of rotatable bonds is 9. The molecule has 0 radical (unpaired) electrons. The highest BCUT2D eigenvalue weighted by atomic mass is 16.5. The third-order valence-electron chi connectivity index (χ3n) is 3.34. The molecule has 114 valence electrons. The van der Waals surface area contributed by atoms with E-state index in [1.54, 1.807) is 14.2 Å². The zero-order valence-corrected chi connectivity index (χ0v) is 13.1. The van der Waals surface area contributed by atoms with E-state index < -0.39 is 0 Å². The third kappa shape index (κ3) is 6.30. The van der Waals surface area contributed by atoms with Gasteiger partial charge in [-0.15, -0.1) is 0 Å². The van der Waals surface area contributed by atoms with Crippen LogP contribution < -0.4 is 9.47 Å². The van der Waals surface area contributed by atoms with Gasteiger partial charge < -0.3 is 9.47 Å². The topological polar surface area (TPSA) is 35.5 Å². The smallest absolute Gasteiger partial charge is 0.145 e. The number of aryl methyl sites for hydroxylation is 1. The molecule has 0 heterocycles. The second-order valence-electron chi connectivity index (χ2n) is 5.09. The van der Waals surface area contributed by atoms with Crippen molar-refractivity contribution in [3.63, 3.8) is 0 Å². The average molecular weight is 288 g/mol. The van der Waals surface area contributed by atoms with Crippen molar-refractivity contribution in [3.05, 3.63) is 47.6 Å². The highest BCUT2D eigenvalue weighted by Gasteiger charge is 2.01. The fraction of sp³-hybridized carbons (Fsp3) is 0.389. The van der Waals surface area contributed by atoms with Crippen LogP contribution >= 0.6 is 0 Å². The van der Waals surface area contributed by atoms with Crippen molar-refractivity contribution in [2.45, 2.75) is 32.6 Å². The molecule has 21 heavy (non-hydrogen) atoms. The monoisotopic (exact) mass is 288 g/mol. The first-order chi connectivity index (χ1) is 10.1. The van der Waals surface area contributed by atoms with Gasteiger partial charge in [0.2, 0.25) is 0 Å². The average Bonchev–Trinajstić information content (AvgIpc) is 2.52. The first kappa shape index (κ1) is 17.0. The molecule has 0 aliphatic rings. The minimum Gasteiger partial charge on any atom is -0.497 e. The van der Waals surface area contributed by atoms with Gasteiger partial charge in [0.25, 0.3) is 0 Å². The van der Waals surface area contributed by atoms with Crippen LogP contribution in [0.3, 0.4) is 0 Å². The number of benzene rings is 1. The van der Waals surface area contributed by atoms with Crippen LogP contribution in [0.15, 0.2) is 42.0 Å². The molecule has 0 saturated heterocycles. The van der Waals surface area contributed by atoms with Crippen molar-refractivity contribution in [1.82, 2.24) is 0 Å². The lowest BCUT2D eigenvalue weighted by atomic mass is 10.0. The number of carbonyl (C=O) groups excluding carboxylic acids is 1. The molecule has 0 spiro atoms. The van der Waals surface area contributed by atoms with Crippen LogP contribution in [0.25, 0.3) is 0 Å². The van der Waals surface area contributed by atoms with Crippen LogP contribution in [-0.2, 0) is 11.2 Å². The van der Waals surface area contributed by atoms with Crippen LogP contribution in [0.5, 0.6) is 11.5 Å². The van der Waals surface area contributed by atoms with E-state index in [4.69, 9.17) is 9.47 Å². The predicted octanol–water partition coefficient (Wildman–Crippen LogP) is 4.12. The summed E-state index contributed by atoms with van der Waals surface area (Å²) in [5.41, 5.74) is 3.13. The molecule has 3 nitrogen and oxygen atoms in total. The fourth-order valence-electron chi connectivity index (χ4n) is 2.01. The summed E-state index contributed by atoms with van der Waals surface area (Å²) in [5, 5.41) is 0. The number of ether oxygens (including phenoxy) is 2. The maximum absolute atomic E-state index is 10.5. The molecule has 0 unspecified atom stereocenters. The summed E-state index contributed by atoms with van der Waals surface area (Å²) >= 11 is 0. The van der Waals surface area contributed by atoms with Gasteiger partial charge in [0.15, 0.2) is 0 Å². The van der Waals surface area contributed by atoms with E-state index in [1.807, 2.05) is 18.2 Å². The van der Waals surface area contributed by atoms with Gasteiger partial charge in [-0.05, 0) is 55.9 Å². The highest BCUT2D eigenvalue weighted by molar-refractivity contribution is 5.71. The fourth-order valence-corrected chi connectivity index (χ4v) is 2.01. The van der Waals surface area contributed by atoms with E-state index >= 15 is 0 Å². The van der Waals surface area contributed by atoms with E-state index in [2.05, 4.69) is 19.6 Å². The highest BCUT2D eigenvalue weighted by Crippen LogP contribution is 2.23. The van der Waals surface area contributed by atoms with Gasteiger partial charge in [-0.3, -0.25) is 4.79 Å². The Hall–Kier alpha value is -2.03. The molecule has 0 aromatic heterocycles. The molecule has 1 rings (SSSR count). The lowest BCUT2D eigenvalue weighted by molar-refractivity contribution is -0.105. The van der Waals surface area contributed by atoms with Crippen molar-refractivity contribution >= 4 is 6.29 Å². The Balaban J connectivity index is 2.54. The minimum atomic E-state index is 0.653. The molecule has 1 aromatic rings. The summed E-state index contributed by atoms with van der Waals surface area (Å²) in [4.78, 5) is 10.5. The Kier molecular flexibility index (Phi) is 7.30. The van der Waals surface area contributed by atoms with Gasteiger partial charge in [0.1, 0.15) is 17.8 Å². The summed E-state index contributed by atoms with van der Waals surface area (Å²) in [6, 6.07) is 5.93. The maximum atomic E-state index is 10.5. The van der Waals surface area contributed by atoms with Crippen molar-refractivity contribution < 1.29 is 14.3 Å². The zero-order valence-electron chi connectivity index (χ0n) is 13.1. The summed E-state index contributed by atoms with van der Waals surface area (Å²) in [5.74, 6) is 1.62. The molecule has 1 aromatic carbocycles. The van der Waals surface area contributed by atoms with Crippen molar-refractivity contribution in [3.8, 4) is 11.5 Å². The van der Waals surface area contributed by atoms with Crippen molar-refractivity contribution in [2.24, 2.45) is 0 Å².